The fourth-order valence-electron chi connectivity index (χ4n) is 3.99. The third kappa shape index (κ3) is 4.59. The van der Waals surface area contributed by atoms with E-state index in [0.29, 0.717) is 52.4 Å². The number of fused-ring (bicyclic) bond motifs is 1. The molecule has 0 aliphatic heterocycles. The van der Waals surface area contributed by atoms with E-state index < -0.39 is 17.5 Å². The summed E-state index contributed by atoms with van der Waals surface area (Å²) in [6.07, 6.45) is 6.14. The molecule has 2 aromatic carbocycles. The van der Waals surface area contributed by atoms with E-state index in [1.54, 1.807) is 48.7 Å². The lowest BCUT2D eigenvalue weighted by Gasteiger charge is -2.17. The lowest BCUT2D eigenvalue weighted by Crippen LogP contribution is -2.39. The summed E-state index contributed by atoms with van der Waals surface area (Å²) >= 11 is 0. The number of aromatic hydroxyl groups is 1. The number of hydrogen-bond acceptors (Lipinski definition) is 6. The van der Waals surface area contributed by atoms with Gasteiger partial charge in [0, 0.05) is 35.5 Å². The maximum absolute atomic E-state index is 13.2. The Morgan fingerprint density at radius 1 is 1.08 bits per heavy atom. The molecule has 0 spiro atoms. The summed E-state index contributed by atoms with van der Waals surface area (Å²) in [5.74, 6) is 0.515. The number of benzene rings is 2. The first-order chi connectivity index (χ1) is 17.4. The lowest BCUT2D eigenvalue weighted by molar-refractivity contribution is -0.133. The van der Waals surface area contributed by atoms with E-state index in [9.17, 15) is 19.1 Å². The second-order valence-corrected chi connectivity index (χ2v) is 8.74. The molecule has 5 rings (SSSR count). The van der Waals surface area contributed by atoms with Gasteiger partial charge < -0.3 is 25.2 Å². The molecular formula is C27H24FN3O5. The summed E-state index contributed by atoms with van der Waals surface area (Å²) in [4.78, 5) is 29.9. The molecule has 2 aliphatic rings. The van der Waals surface area contributed by atoms with Crippen LogP contribution in [0.25, 0.3) is 10.9 Å². The van der Waals surface area contributed by atoms with Gasteiger partial charge in [-0.3, -0.25) is 14.6 Å². The average molecular weight is 490 g/mol. The van der Waals surface area contributed by atoms with Crippen LogP contribution in [0.15, 0.2) is 72.6 Å². The molecule has 9 heteroatoms. The molecule has 1 aromatic heterocycles. The van der Waals surface area contributed by atoms with Crippen LogP contribution in [-0.2, 0) is 9.59 Å². The number of carbonyl (C=O) groups is 2. The van der Waals surface area contributed by atoms with Crippen molar-refractivity contribution in [3.63, 3.8) is 0 Å². The van der Waals surface area contributed by atoms with Gasteiger partial charge in [0.15, 0.2) is 11.5 Å². The molecule has 1 unspecified atom stereocenters. The van der Waals surface area contributed by atoms with Crippen LogP contribution in [0.4, 0.5) is 10.1 Å². The van der Waals surface area contributed by atoms with E-state index in [0.717, 1.165) is 0 Å². The number of alkyl halides is 1. The van der Waals surface area contributed by atoms with Gasteiger partial charge in [0.05, 0.1) is 12.6 Å². The summed E-state index contributed by atoms with van der Waals surface area (Å²) in [7, 11) is 1.46. The Morgan fingerprint density at radius 2 is 1.83 bits per heavy atom. The van der Waals surface area contributed by atoms with E-state index in [1.165, 1.54) is 25.3 Å². The molecule has 1 fully saturated rings. The maximum Gasteiger partial charge on any atom is 0.240 e. The highest BCUT2D eigenvalue weighted by Crippen LogP contribution is 2.47. The minimum Gasteiger partial charge on any atom is -0.504 e. The number of halogens is 1. The predicted octanol–water partition coefficient (Wildman–Crippen LogP) is 4.76. The normalized spacial score (nSPS) is 17.7. The van der Waals surface area contributed by atoms with Crippen molar-refractivity contribution in [3.05, 3.63) is 72.6 Å². The molecule has 0 saturated heterocycles. The monoisotopic (exact) mass is 489 g/mol. The molecule has 184 valence electrons. The van der Waals surface area contributed by atoms with Gasteiger partial charge in [-0.05, 0) is 61.4 Å². The molecule has 1 saturated carbocycles. The largest absolute Gasteiger partial charge is 0.504 e. The number of hydrogen-bond donors (Lipinski definition) is 3. The maximum atomic E-state index is 13.2. The second kappa shape index (κ2) is 9.33. The number of methoxy groups -OCH3 is 1. The fourth-order valence-corrected chi connectivity index (χ4v) is 3.99. The SMILES string of the molecule is COc1cc2nccc(Oc3ccc(NC(=O)C4(C(=O)NC5=CCC(F)C=C5)CC4)cc3)c2cc1O. The number of amides is 2. The number of carbonyl (C=O) groups excluding carboxylic acids is 2. The number of aromatic nitrogens is 1. The summed E-state index contributed by atoms with van der Waals surface area (Å²) in [5.41, 5.74) is 0.494. The van der Waals surface area contributed by atoms with Gasteiger partial charge in [-0.1, -0.05) is 6.08 Å². The van der Waals surface area contributed by atoms with Gasteiger partial charge in [0.1, 0.15) is 23.1 Å². The molecule has 2 aliphatic carbocycles. The quantitative estimate of drug-likeness (QED) is 0.413. The Hall–Kier alpha value is -4.40. The Bertz CT molecular complexity index is 1400. The van der Waals surface area contributed by atoms with E-state index >= 15 is 0 Å². The Balaban J connectivity index is 1.25. The van der Waals surface area contributed by atoms with Gasteiger partial charge in [0.2, 0.25) is 11.8 Å². The second-order valence-electron chi connectivity index (χ2n) is 8.74. The highest BCUT2D eigenvalue weighted by molar-refractivity contribution is 6.13. The van der Waals surface area contributed by atoms with Crippen molar-refractivity contribution in [1.29, 1.82) is 0 Å². The van der Waals surface area contributed by atoms with Crippen molar-refractivity contribution >= 4 is 28.4 Å². The topological polar surface area (TPSA) is 110 Å². The number of ether oxygens (including phenoxy) is 2. The molecule has 3 N–H and O–H groups in total. The molecular weight excluding hydrogens is 465 g/mol. The fraction of sp³-hybridized carbons (Fsp3) is 0.222. The Kier molecular flexibility index (Phi) is 6.05. The van der Waals surface area contributed by atoms with Crippen molar-refractivity contribution in [3.8, 4) is 23.0 Å². The van der Waals surface area contributed by atoms with Crippen LogP contribution >= 0.6 is 0 Å². The number of pyridine rings is 1. The third-order valence-corrected chi connectivity index (χ3v) is 6.27. The molecule has 36 heavy (non-hydrogen) atoms. The van der Waals surface area contributed by atoms with Crippen LogP contribution in [0.5, 0.6) is 23.0 Å². The number of nitrogens with one attached hydrogen (secondary N) is 2. The zero-order valence-electron chi connectivity index (χ0n) is 19.5. The highest BCUT2D eigenvalue weighted by atomic mass is 19.1. The number of phenolic OH excluding ortho intramolecular Hbond substituents is 1. The number of nitrogens with zero attached hydrogens (tertiary/aromatic N) is 1. The minimum absolute atomic E-state index is 0.0265. The molecule has 2 amide bonds. The van der Waals surface area contributed by atoms with E-state index in [-0.39, 0.29) is 18.1 Å². The first kappa shape index (κ1) is 23.3. The summed E-state index contributed by atoms with van der Waals surface area (Å²) in [6, 6.07) is 11.6. The Labute approximate surface area is 206 Å². The number of rotatable bonds is 7. The first-order valence-corrected chi connectivity index (χ1v) is 11.5. The van der Waals surface area contributed by atoms with Crippen LogP contribution in [0.2, 0.25) is 0 Å². The van der Waals surface area contributed by atoms with Crippen molar-refractivity contribution in [2.45, 2.75) is 25.4 Å². The summed E-state index contributed by atoms with van der Waals surface area (Å²) < 4.78 is 24.4. The van der Waals surface area contributed by atoms with Crippen molar-refractivity contribution in [1.82, 2.24) is 10.3 Å². The van der Waals surface area contributed by atoms with E-state index in [4.69, 9.17) is 9.47 Å². The highest BCUT2D eigenvalue weighted by Gasteiger charge is 2.56. The van der Waals surface area contributed by atoms with E-state index in [1.807, 2.05) is 0 Å². The minimum atomic E-state index is -1.13. The summed E-state index contributed by atoms with van der Waals surface area (Å²) in [6.45, 7) is 0. The Morgan fingerprint density at radius 3 is 2.50 bits per heavy atom. The molecule has 0 bridgehead atoms. The first-order valence-electron chi connectivity index (χ1n) is 11.5. The third-order valence-electron chi connectivity index (χ3n) is 6.27. The zero-order chi connectivity index (χ0) is 25.3. The number of allylic oxidation sites excluding steroid dienone is 3. The van der Waals surface area contributed by atoms with Crippen molar-refractivity contribution in [2.24, 2.45) is 5.41 Å². The molecule has 8 nitrogen and oxygen atoms in total. The van der Waals surface area contributed by atoms with Gasteiger partial charge in [-0.15, -0.1) is 0 Å². The van der Waals surface area contributed by atoms with Gasteiger partial charge >= 0.3 is 0 Å². The average Bonchev–Trinajstić information content (AvgIpc) is 3.69. The molecule has 1 atom stereocenters. The summed E-state index contributed by atoms with van der Waals surface area (Å²) in [5, 5.41) is 16.3. The van der Waals surface area contributed by atoms with Crippen LogP contribution < -0.4 is 20.1 Å². The van der Waals surface area contributed by atoms with E-state index in [2.05, 4.69) is 15.6 Å². The number of anilines is 1. The molecule has 0 radical (unpaired) electrons. The standard InChI is InChI=1S/C27H24FN3O5/c1-35-24-15-21-20(14-22(24)32)23(10-13-29-21)36-19-8-6-18(7-9-19)31-26(34)27(11-12-27)25(33)30-17-4-2-16(28)3-5-17/h2,4-10,13-16,32H,3,11-12H2,1H3,(H,30,33)(H,31,34). The van der Waals surface area contributed by atoms with Crippen molar-refractivity contribution in [2.75, 3.05) is 12.4 Å². The van der Waals surface area contributed by atoms with Crippen LogP contribution in [0.1, 0.15) is 19.3 Å². The molecule has 1 heterocycles. The zero-order valence-corrected chi connectivity index (χ0v) is 19.5. The van der Waals surface area contributed by atoms with Crippen molar-refractivity contribution < 1.29 is 28.6 Å². The van der Waals surface area contributed by atoms with Gasteiger partial charge in [-0.25, -0.2) is 4.39 Å². The molecule has 3 aromatic rings. The number of phenols is 1. The smallest absolute Gasteiger partial charge is 0.240 e. The van der Waals surface area contributed by atoms with Crippen LogP contribution in [0, 0.1) is 5.41 Å². The van der Waals surface area contributed by atoms with Crippen LogP contribution in [-0.4, -0.2) is 35.2 Å². The van der Waals surface area contributed by atoms with Gasteiger partial charge in [-0.2, -0.15) is 0 Å². The van der Waals surface area contributed by atoms with Gasteiger partial charge in [0.25, 0.3) is 0 Å². The predicted molar refractivity (Wildman–Crippen MR) is 132 cm³/mol. The lowest BCUT2D eigenvalue weighted by atomic mass is 10.0. The van der Waals surface area contributed by atoms with Crippen LogP contribution in [0.3, 0.4) is 0 Å².